The smallest absolute Gasteiger partial charge is 0.410 e. The first-order chi connectivity index (χ1) is 18.7. The second kappa shape index (κ2) is 9.62. The number of nitrogens with one attached hydrogen (secondary N) is 2. The first-order valence-corrected chi connectivity index (χ1v) is 13.4. The van der Waals surface area contributed by atoms with Gasteiger partial charge in [0.2, 0.25) is 6.79 Å². The van der Waals surface area contributed by atoms with Crippen LogP contribution in [0.2, 0.25) is 0 Å². The number of rotatable bonds is 6. The van der Waals surface area contributed by atoms with Crippen LogP contribution in [-0.2, 0) is 4.74 Å². The highest BCUT2D eigenvalue weighted by Crippen LogP contribution is 2.48. The monoisotopic (exact) mass is 535 g/mol. The van der Waals surface area contributed by atoms with Crippen molar-refractivity contribution in [3.05, 3.63) is 29.7 Å². The maximum Gasteiger partial charge on any atom is 0.410 e. The Kier molecular flexibility index (Phi) is 6.23. The Morgan fingerprint density at radius 1 is 1.18 bits per heavy atom. The third-order valence-electron chi connectivity index (χ3n) is 7.08. The quantitative estimate of drug-likeness (QED) is 0.481. The largest absolute Gasteiger partial charge is 0.492 e. The molecule has 1 atom stereocenters. The molecule has 0 radical (unpaired) electrons. The molecular weight excluding hydrogens is 502 g/mol. The van der Waals surface area contributed by atoms with Gasteiger partial charge in [0.25, 0.3) is 5.91 Å². The molecule has 2 amide bonds. The molecule has 11 heteroatoms. The summed E-state index contributed by atoms with van der Waals surface area (Å²) in [6.07, 6.45) is 4.05. The van der Waals surface area contributed by atoms with Crippen molar-refractivity contribution < 1.29 is 28.5 Å². The number of amides is 2. The van der Waals surface area contributed by atoms with Crippen LogP contribution in [0.3, 0.4) is 0 Å². The van der Waals surface area contributed by atoms with E-state index in [1.165, 1.54) is 19.2 Å². The van der Waals surface area contributed by atoms with E-state index in [4.69, 9.17) is 18.9 Å². The molecule has 0 spiro atoms. The number of aromatic nitrogens is 3. The average molecular weight is 536 g/mol. The zero-order chi connectivity index (χ0) is 27.3. The molecule has 1 saturated carbocycles. The molecule has 1 aliphatic carbocycles. The van der Waals surface area contributed by atoms with Crippen LogP contribution in [-0.4, -0.2) is 70.0 Å². The van der Waals surface area contributed by atoms with Crippen molar-refractivity contribution in [1.29, 1.82) is 0 Å². The number of fused-ring (bicyclic) bond motifs is 2. The van der Waals surface area contributed by atoms with Gasteiger partial charge in [-0.15, -0.1) is 0 Å². The average Bonchev–Trinajstić information content (AvgIpc) is 3.23. The molecular formula is C28H33N5O6. The highest BCUT2D eigenvalue weighted by atomic mass is 16.7. The van der Waals surface area contributed by atoms with E-state index < -0.39 is 5.60 Å². The standard InChI is InChI=1S/C28H33N5O6/c1-15-20(26(34)32-17-9-10-33(11-17)27(35)39-28(2,3)4)22-24(31-15)23(30-13-29-22)21-18(36-12-16-5-6-16)7-8-19-25(21)38-14-37-19/h7-8,13,16-17,31H,5-6,9-12,14H2,1-4H3,(H,32,34)/t17-/m1/s1. The van der Waals surface area contributed by atoms with Gasteiger partial charge in [0.1, 0.15) is 28.9 Å². The fraction of sp³-hybridized carbons (Fsp3) is 0.500. The Hall–Kier alpha value is -4.02. The molecule has 1 saturated heterocycles. The Bertz CT molecular complexity index is 1440. The molecule has 11 nitrogen and oxygen atoms in total. The van der Waals surface area contributed by atoms with E-state index in [-0.39, 0.29) is 24.8 Å². The fourth-order valence-corrected chi connectivity index (χ4v) is 5.01. The number of carbonyl (C=O) groups is 2. The Morgan fingerprint density at radius 3 is 2.77 bits per heavy atom. The van der Waals surface area contributed by atoms with Gasteiger partial charge in [-0.25, -0.2) is 14.8 Å². The Labute approximate surface area is 226 Å². The van der Waals surface area contributed by atoms with E-state index in [1.807, 2.05) is 39.8 Å². The van der Waals surface area contributed by atoms with Crippen molar-refractivity contribution in [2.24, 2.45) is 5.92 Å². The van der Waals surface area contributed by atoms with Crippen LogP contribution in [0.4, 0.5) is 4.79 Å². The highest BCUT2D eigenvalue weighted by molar-refractivity contribution is 6.09. The van der Waals surface area contributed by atoms with Gasteiger partial charge in [-0.1, -0.05) is 0 Å². The number of nitrogens with zero attached hydrogens (tertiary/aromatic N) is 3. The van der Waals surface area contributed by atoms with Crippen molar-refractivity contribution in [2.75, 3.05) is 26.5 Å². The van der Waals surface area contributed by atoms with Gasteiger partial charge >= 0.3 is 6.09 Å². The molecule has 2 aromatic heterocycles. The summed E-state index contributed by atoms with van der Waals surface area (Å²) in [5, 5.41) is 3.08. The molecule has 1 aromatic carbocycles. The molecule has 3 aliphatic rings. The van der Waals surface area contributed by atoms with E-state index >= 15 is 0 Å². The molecule has 2 N–H and O–H groups in total. The van der Waals surface area contributed by atoms with Gasteiger partial charge in [-0.05, 0) is 65.0 Å². The highest BCUT2D eigenvalue weighted by Gasteiger charge is 2.33. The van der Waals surface area contributed by atoms with Crippen LogP contribution in [0.25, 0.3) is 22.3 Å². The van der Waals surface area contributed by atoms with E-state index in [9.17, 15) is 9.59 Å². The zero-order valence-corrected chi connectivity index (χ0v) is 22.6. The van der Waals surface area contributed by atoms with Gasteiger partial charge in [0.15, 0.2) is 11.5 Å². The molecule has 0 unspecified atom stereocenters. The van der Waals surface area contributed by atoms with Crippen LogP contribution in [0, 0.1) is 12.8 Å². The minimum atomic E-state index is -0.574. The number of carbonyl (C=O) groups excluding carboxylic acids is 2. The third kappa shape index (κ3) is 5.05. The predicted molar refractivity (Wildman–Crippen MR) is 142 cm³/mol. The topological polar surface area (TPSA) is 128 Å². The summed E-state index contributed by atoms with van der Waals surface area (Å²) < 4.78 is 23.1. The van der Waals surface area contributed by atoms with E-state index in [2.05, 4.69) is 20.3 Å². The van der Waals surface area contributed by atoms with Crippen LogP contribution >= 0.6 is 0 Å². The molecule has 206 valence electrons. The van der Waals surface area contributed by atoms with Gasteiger partial charge < -0.3 is 34.1 Å². The molecule has 2 aliphatic heterocycles. The maximum atomic E-state index is 13.5. The summed E-state index contributed by atoms with van der Waals surface area (Å²) in [7, 11) is 0. The zero-order valence-electron chi connectivity index (χ0n) is 22.6. The fourth-order valence-electron chi connectivity index (χ4n) is 5.01. The lowest BCUT2D eigenvalue weighted by atomic mass is 10.1. The van der Waals surface area contributed by atoms with Crippen molar-refractivity contribution in [3.8, 4) is 28.5 Å². The van der Waals surface area contributed by atoms with Crippen molar-refractivity contribution in [3.63, 3.8) is 0 Å². The number of ether oxygens (including phenoxy) is 4. The number of H-pyrrole nitrogens is 1. The summed E-state index contributed by atoms with van der Waals surface area (Å²) in [6, 6.07) is 3.52. The van der Waals surface area contributed by atoms with E-state index in [1.54, 1.807) is 4.90 Å². The van der Waals surface area contributed by atoms with Crippen LogP contribution < -0.4 is 19.5 Å². The summed E-state index contributed by atoms with van der Waals surface area (Å²) in [6.45, 7) is 8.98. The molecule has 6 rings (SSSR count). The second-order valence-electron chi connectivity index (χ2n) is 11.4. The van der Waals surface area contributed by atoms with Crippen LogP contribution in [0.1, 0.15) is 56.1 Å². The number of hydrogen-bond acceptors (Lipinski definition) is 8. The van der Waals surface area contributed by atoms with Crippen LogP contribution in [0.5, 0.6) is 17.2 Å². The van der Waals surface area contributed by atoms with Crippen LogP contribution in [0.15, 0.2) is 18.5 Å². The van der Waals surface area contributed by atoms with E-state index in [0.717, 1.165) is 0 Å². The summed E-state index contributed by atoms with van der Waals surface area (Å²) in [4.78, 5) is 40.0. The molecule has 2 fully saturated rings. The molecule has 0 bridgehead atoms. The summed E-state index contributed by atoms with van der Waals surface area (Å²) >= 11 is 0. The Morgan fingerprint density at radius 2 is 2.00 bits per heavy atom. The van der Waals surface area contributed by atoms with Gasteiger partial charge in [-0.3, -0.25) is 4.79 Å². The van der Waals surface area contributed by atoms with Gasteiger partial charge in [0, 0.05) is 24.8 Å². The Balaban J connectivity index is 1.28. The number of hydrogen-bond donors (Lipinski definition) is 2. The van der Waals surface area contributed by atoms with E-state index in [0.29, 0.717) is 82.8 Å². The number of likely N-dealkylation sites (tertiary alicyclic amines) is 1. The first-order valence-electron chi connectivity index (χ1n) is 13.4. The number of aryl methyl sites for hydroxylation is 1. The number of benzene rings is 1. The minimum Gasteiger partial charge on any atom is -0.492 e. The summed E-state index contributed by atoms with van der Waals surface area (Å²) in [5.74, 6) is 2.14. The molecule has 4 heterocycles. The predicted octanol–water partition coefficient (Wildman–Crippen LogP) is 4.19. The lowest BCUT2D eigenvalue weighted by molar-refractivity contribution is 0.0290. The van der Waals surface area contributed by atoms with Gasteiger partial charge in [-0.2, -0.15) is 0 Å². The van der Waals surface area contributed by atoms with Crippen molar-refractivity contribution in [1.82, 2.24) is 25.2 Å². The SMILES string of the molecule is Cc1[nH]c2c(-c3c(OCC4CC4)ccc4c3OCO4)ncnc2c1C(=O)N[C@@H]1CCN(C(=O)OC(C)(C)C)C1. The lowest BCUT2D eigenvalue weighted by Crippen LogP contribution is -2.40. The normalized spacial score (nSPS) is 18.5. The minimum absolute atomic E-state index is 0.113. The molecule has 3 aromatic rings. The number of aromatic amines is 1. The maximum absolute atomic E-state index is 13.5. The second-order valence-corrected chi connectivity index (χ2v) is 11.4. The van der Waals surface area contributed by atoms with Crippen molar-refractivity contribution >= 4 is 23.0 Å². The third-order valence-corrected chi connectivity index (χ3v) is 7.08. The van der Waals surface area contributed by atoms with Crippen molar-refractivity contribution in [2.45, 2.75) is 58.6 Å². The molecule has 39 heavy (non-hydrogen) atoms. The first kappa shape index (κ1) is 25.3. The lowest BCUT2D eigenvalue weighted by Gasteiger charge is -2.24. The van der Waals surface area contributed by atoms with Gasteiger partial charge in [0.05, 0.1) is 23.3 Å². The summed E-state index contributed by atoms with van der Waals surface area (Å²) in [5.41, 5.74) is 2.90.